The highest BCUT2D eigenvalue weighted by atomic mass is 32.2. The van der Waals surface area contributed by atoms with Gasteiger partial charge < -0.3 is 10.1 Å². The van der Waals surface area contributed by atoms with Crippen LogP contribution in [-0.2, 0) is 9.84 Å². The summed E-state index contributed by atoms with van der Waals surface area (Å²) < 4.78 is 23.5. The van der Waals surface area contributed by atoms with Crippen LogP contribution in [0.3, 0.4) is 0 Å². The summed E-state index contributed by atoms with van der Waals surface area (Å²) in [5.41, 5.74) is 0.848. The second kappa shape index (κ2) is 6.52. The molecule has 0 amide bonds. The molecule has 18 heavy (non-hydrogen) atoms. The molecule has 1 N–H and O–H groups in total. The highest BCUT2D eigenvalue weighted by Gasteiger charge is 2.26. The predicted molar refractivity (Wildman–Crippen MR) is 73.0 cm³/mol. The zero-order chi connectivity index (χ0) is 13.8. The summed E-state index contributed by atoms with van der Waals surface area (Å²) in [6.07, 6.45) is 1.66. The summed E-state index contributed by atoms with van der Waals surface area (Å²) >= 11 is 0. The standard InChI is InChI=1S/C12H24N2O3S/c1-4-11-9-14(6-5-12(11)13-15)7-8-18(16,17)10(2)3/h10-11,15H,4-9H2,1-3H3. The zero-order valence-electron chi connectivity index (χ0n) is 11.5. The van der Waals surface area contributed by atoms with Gasteiger partial charge in [0, 0.05) is 32.0 Å². The molecule has 0 aromatic heterocycles. The van der Waals surface area contributed by atoms with Crippen molar-refractivity contribution >= 4 is 15.5 Å². The first-order valence-electron chi connectivity index (χ1n) is 6.55. The summed E-state index contributed by atoms with van der Waals surface area (Å²) in [4.78, 5) is 2.16. The average Bonchev–Trinajstić information content (AvgIpc) is 2.35. The number of rotatable bonds is 5. The Morgan fingerprint density at radius 2 is 2.17 bits per heavy atom. The van der Waals surface area contributed by atoms with Gasteiger partial charge in [-0.2, -0.15) is 0 Å². The Morgan fingerprint density at radius 1 is 1.50 bits per heavy atom. The lowest BCUT2D eigenvalue weighted by atomic mass is 9.93. The van der Waals surface area contributed by atoms with Crippen LogP contribution < -0.4 is 0 Å². The van der Waals surface area contributed by atoms with Crippen molar-refractivity contribution in [3.05, 3.63) is 0 Å². The van der Waals surface area contributed by atoms with Gasteiger partial charge >= 0.3 is 0 Å². The number of oxime groups is 1. The fourth-order valence-corrected chi connectivity index (χ4v) is 3.16. The smallest absolute Gasteiger partial charge is 0.153 e. The second-order valence-corrected chi connectivity index (χ2v) is 7.84. The van der Waals surface area contributed by atoms with E-state index in [2.05, 4.69) is 17.0 Å². The van der Waals surface area contributed by atoms with E-state index in [1.165, 1.54) is 0 Å². The molecule has 0 radical (unpaired) electrons. The molecule has 0 aromatic rings. The van der Waals surface area contributed by atoms with Gasteiger partial charge in [-0.1, -0.05) is 12.1 Å². The van der Waals surface area contributed by atoms with Crippen LogP contribution >= 0.6 is 0 Å². The maximum absolute atomic E-state index is 11.8. The van der Waals surface area contributed by atoms with Crippen LogP contribution in [0.1, 0.15) is 33.6 Å². The summed E-state index contributed by atoms with van der Waals surface area (Å²) in [5.74, 6) is 0.470. The minimum Gasteiger partial charge on any atom is -0.411 e. The van der Waals surface area contributed by atoms with E-state index in [1.807, 2.05) is 0 Å². The van der Waals surface area contributed by atoms with Crippen LogP contribution in [-0.4, -0.2) is 54.9 Å². The lowest BCUT2D eigenvalue weighted by molar-refractivity contribution is 0.238. The van der Waals surface area contributed by atoms with Crippen molar-refractivity contribution in [3.63, 3.8) is 0 Å². The quantitative estimate of drug-likeness (QED) is 0.608. The molecule has 1 saturated heterocycles. The molecule has 0 aliphatic carbocycles. The highest BCUT2D eigenvalue weighted by Crippen LogP contribution is 2.17. The fourth-order valence-electron chi connectivity index (χ4n) is 2.18. The molecule has 0 aromatic carbocycles. The molecule has 1 atom stereocenters. The van der Waals surface area contributed by atoms with Gasteiger partial charge in [0.1, 0.15) is 0 Å². The zero-order valence-corrected chi connectivity index (χ0v) is 12.3. The van der Waals surface area contributed by atoms with E-state index in [-0.39, 0.29) is 16.9 Å². The van der Waals surface area contributed by atoms with Crippen LogP contribution in [0.4, 0.5) is 0 Å². The number of likely N-dealkylation sites (tertiary alicyclic amines) is 1. The number of sulfone groups is 1. The summed E-state index contributed by atoms with van der Waals surface area (Å²) in [7, 11) is -2.96. The summed E-state index contributed by atoms with van der Waals surface area (Å²) in [5, 5.41) is 11.9. The highest BCUT2D eigenvalue weighted by molar-refractivity contribution is 7.92. The van der Waals surface area contributed by atoms with Gasteiger partial charge in [-0.05, 0) is 20.3 Å². The molecular weight excluding hydrogens is 252 g/mol. The van der Waals surface area contributed by atoms with Gasteiger partial charge in [0.25, 0.3) is 0 Å². The van der Waals surface area contributed by atoms with Crippen LogP contribution in [0.25, 0.3) is 0 Å². The van der Waals surface area contributed by atoms with Crippen molar-refractivity contribution in [1.82, 2.24) is 4.90 Å². The molecule has 5 nitrogen and oxygen atoms in total. The van der Waals surface area contributed by atoms with E-state index < -0.39 is 9.84 Å². The van der Waals surface area contributed by atoms with Gasteiger partial charge in [-0.3, -0.25) is 0 Å². The van der Waals surface area contributed by atoms with Crippen molar-refractivity contribution in [2.75, 3.05) is 25.4 Å². The molecule has 1 fully saturated rings. The first-order valence-corrected chi connectivity index (χ1v) is 8.27. The van der Waals surface area contributed by atoms with Gasteiger partial charge in [0.05, 0.1) is 16.7 Å². The van der Waals surface area contributed by atoms with Crippen molar-refractivity contribution in [3.8, 4) is 0 Å². The number of hydrogen-bond donors (Lipinski definition) is 1. The van der Waals surface area contributed by atoms with E-state index >= 15 is 0 Å². The minimum absolute atomic E-state index is 0.215. The van der Waals surface area contributed by atoms with E-state index in [0.717, 1.165) is 31.6 Å². The lowest BCUT2D eigenvalue weighted by Crippen LogP contribution is -2.43. The van der Waals surface area contributed by atoms with Crippen molar-refractivity contribution in [2.24, 2.45) is 11.1 Å². The minimum atomic E-state index is -2.96. The monoisotopic (exact) mass is 276 g/mol. The van der Waals surface area contributed by atoms with E-state index in [4.69, 9.17) is 5.21 Å². The molecule has 1 heterocycles. The van der Waals surface area contributed by atoms with E-state index in [1.54, 1.807) is 13.8 Å². The summed E-state index contributed by atoms with van der Waals surface area (Å²) in [6, 6.07) is 0. The Hall–Kier alpha value is -0.620. The van der Waals surface area contributed by atoms with Crippen LogP contribution in [0, 0.1) is 5.92 Å². The third-order valence-electron chi connectivity index (χ3n) is 3.67. The number of hydrogen-bond acceptors (Lipinski definition) is 5. The molecular formula is C12H24N2O3S. The Morgan fingerprint density at radius 3 is 2.67 bits per heavy atom. The van der Waals surface area contributed by atoms with Gasteiger partial charge in [-0.25, -0.2) is 8.42 Å². The van der Waals surface area contributed by atoms with Gasteiger partial charge in [0.2, 0.25) is 0 Å². The van der Waals surface area contributed by atoms with Crippen LogP contribution in [0.2, 0.25) is 0 Å². The van der Waals surface area contributed by atoms with E-state index in [9.17, 15) is 8.42 Å². The molecule has 1 aliphatic rings. The molecule has 1 rings (SSSR count). The lowest BCUT2D eigenvalue weighted by Gasteiger charge is -2.32. The van der Waals surface area contributed by atoms with E-state index in [0.29, 0.717) is 6.54 Å². The number of piperidine rings is 1. The fraction of sp³-hybridized carbons (Fsp3) is 0.917. The van der Waals surface area contributed by atoms with Crippen molar-refractivity contribution in [2.45, 2.75) is 38.9 Å². The molecule has 1 aliphatic heterocycles. The first-order chi connectivity index (χ1) is 8.40. The third kappa shape index (κ3) is 3.95. The third-order valence-corrected chi connectivity index (χ3v) is 5.85. The topological polar surface area (TPSA) is 70.0 Å². The summed E-state index contributed by atoms with van der Waals surface area (Å²) in [6.45, 7) is 7.65. The predicted octanol–water partition coefficient (Wildman–Crippen LogP) is 1.37. The average molecular weight is 276 g/mol. The Kier molecular flexibility index (Phi) is 5.59. The first kappa shape index (κ1) is 15.4. The van der Waals surface area contributed by atoms with Crippen LogP contribution in [0.15, 0.2) is 5.16 Å². The van der Waals surface area contributed by atoms with Gasteiger partial charge in [0.15, 0.2) is 9.84 Å². The molecule has 6 heteroatoms. The molecule has 1 unspecified atom stereocenters. The Bertz CT molecular complexity index is 390. The second-order valence-electron chi connectivity index (χ2n) is 5.16. The SMILES string of the molecule is CCC1CN(CCS(=O)(=O)C(C)C)CCC1=NO. The van der Waals surface area contributed by atoms with Crippen molar-refractivity contribution in [1.29, 1.82) is 0 Å². The van der Waals surface area contributed by atoms with Crippen molar-refractivity contribution < 1.29 is 13.6 Å². The number of nitrogens with zero attached hydrogens (tertiary/aromatic N) is 2. The largest absolute Gasteiger partial charge is 0.411 e. The Labute approximate surface area is 110 Å². The maximum atomic E-state index is 11.8. The van der Waals surface area contributed by atoms with Gasteiger partial charge in [-0.15, -0.1) is 0 Å². The normalized spacial score (nSPS) is 24.9. The molecule has 0 saturated carbocycles. The van der Waals surface area contributed by atoms with Crippen LogP contribution in [0.5, 0.6) is 0 Å². The maximum Gasteiger partial charge on any atom is 0.153 e. The molecule has 106 valence electrons. The molecule has 0 spiro atoms. The Balaban J connectivity index is 2.51. The molecule has 0 bridgehead atoms.